The molecule has 1 aromatic heterocycles. The van der Waals surface area contributed by atoms with Crippen LogP contribution in [0.5, 0.6) is 0 Å². The summed E-state index contributed by atoms with van der Waals surface area (Å²) in [6.45, 7) is 2.18. The number of rotatable bonds is 5. The zero-order valence-corrected chi connectivity index (χ0v) is 10.9. The van der Waals surface area contributed by atoms with Gasteiger partial charge in [-0.15, -0.1) is 0 Å². The molecular weight excluding hydrogens is 250 g/mol. The predicted molar refractivity (Wildman–Crippen MR) is 70.1 cm³/mol. The van der Waals surface area contributed by atoms with Crippen molar-refractivity contribution >= 4 is 15.5 Å². The number of anilines is 1. The molecule has 0 radical (unpaired) electrons. The van der Waals surface area contributed by atoms with Gasteiger partial charge in [0.25, 0.3) is 0 Å². The monoisotopic (exact) mass is 265 g/mol. The van der Waals surface area contributed by atoms with Crippen LogP contribution >= 0.6 is 0 Å². The molecule has 5 nitrogen and oxygen atoms in total. The molecule has 6 heteroatoms. The van der Waals surface area contributed by atoms with E-state index in [2.05, 4.69) is 15.5 Å². The van der Waals surface area contributed by atoms with Gasteiger partial charge in [0.15, 0.2) is 9.84 Å². The van der Waals surface area contributed by atoms with E-state index in [-0.39, 0.29) is 5.75 Å². The molecule has 0 unspecified atom stereocenters. The summed E-state index contributed by atoms with van der Waals surface area (Å²) in [5.74, 6) is 0.0946. The van der Waals surface area contributed by atoms with Crippen molar-refractivity contribution in [2.45, 2.75) is 18.4 Å². The summed E-state index contributed by atoms with van der Waals surface area (Å²) in [6, 6.07) is 6.93. The van der Waals surface area contributed by atoms with Gasteiger partial charge >= 0.3 is 0 Å². The first kappa shape index (κ1) is 12.6. The Morgan fingerprint density at radius 2 is 2.11 bits per heavy atom. The average Bonchev–Trinajstić information content (AvgIpc) is 2.90. The van der Waals surface area contributed by atoms with E-state index in [1.54, 1.807) is 37.5 Å². The largest absolute Gasteiger partial charge is 0.380 e. The number of hydrogen-bond acceptors (Lipinski definition) is 4. The third-order valence-corrected chi connectivity index (χ3v) is 4.43. The Hall–Kier alpha value is -1.82. The molecule has 0 aliphatic carbocycles. The lowest BCUT2D eigenvalue weighted by Crippen LogP contribution is -2.08. The van der Waals surface area contributed by atoms with Crippen LogP contribution in [0.25, 0.3) is 0 Å². The fourth-order valence-corrected chi connectivity index (χ4v) is 2.68. The second kappa shape index (κ2) is 5.22. The van der Waals surface area contributed by atoms with E-state index in [1.165, 1.54) is 0 Å². The Labute approximate surface area is 106 Å². The highest BCUT2D eigenvalue weighted by molar-refractivity contribution is 7.91. The molecule has 18 heavy (non-hydrogen) atoms. The minimum Gasteiger partial charge on any atom is -0.380 e. The molecule has 0 aliphatic rings. The molecule has 0 saturated carbocycles. The van der Waals surface area contributed by atoms with Crippen LogP contribution in [0.2, 0.25) is 0 Å². The van der Waals surface area contributed by atoms with Gasteiger partial charge in [-0.2, -0.15) is 5.10 Å². The molecule has 2 rings (SSSR count). The predicted octanol–water partition coefficient (Wildman–Crippen LogP) is 1.82. The van der Waals surface area contributed by atoms with Crippen LogP contribution in [0.1, 0.15) is 12.5 Å². The van der Waals surface area contributed by atoms with Crippen LogP contribution < -0.4 is 5.32 Å². The number of nitrogens with zero attached hydrogens (tertiary/aromatic N) is 1. The maximum Gasteiger partial charge on any atom is 0.180 e. The SMILES string of the molecule is CCS(=O)(=O)c1ccccc1NCc1cn[nH]c1. The molecule has 0 atom stereocenters. The smallest absolute Gasteiger partial charge is 0.180 e. The number of hydrogen-bond donors (Lipinski definition) is 2. The Morgan fingerprint density at radius 3 is 2.78 bits per heavy atom. The van der Waals surface area contributed by atoms with Gasteiger partial charge in [-0.25, -0.2) is 8.42 Å². The second-order valence-electron chi connectivity index (χ2n) is 3.86. The van der Waals surface area contributed by atoms with E-state index in [4.69, 9.17) is 0 Å². The Bertz CT molecular complexity index is 606. The summed E-state index contributed by atoms with van der Waals surface area (Å²) in [7, 11) is -3.21. The fourth-order valence-electron chi connectivity index (χ4n) is 1.61. The Kier molecular flexibility index (Phi) is 3.66. The molecule has 0 saturated heterocycles. The zero-order chi connectivity index (χ0) is 13.0. The highest BCUT2D eigenvalue weighted by atomic mass is 32.2. The van der Waals surface area contributed by atoms with E-state index >= 15 is 0 Å². The van der Waals surface area contributed by atoms with Crippen LogP contribution in [0.15, 0.2) is 41.6 Å². The number of aromatic nitrogens is 2. The van der Waals surface area contributed by atoms with Crippen LogP contribution in [-0.4, -0.2) is 24.4 Å². The molecule has 0 aliphatic heterocycles. The van der Waals surface area contributed by atoms with Gasteiger partial charge < -0.3 is 5.32 Å². The molecule has 0 amide bonds. The van der Waals surface area contributed by atoms with Crippen molar-refractivity contribution in [3.05, 3.63) is 42.2 Å². The Morgan fingerprint density at radius 1 is 1.33 bits per heavy atom. The van der Waals surface area contributed by atoms with E-state index in [1.807, 2.05) is 6.07 Å². The number of sulfone groups is 1. The maximum atomic E-state index is 11.9. The summed E-state index contributed by atoms with van der Waals surface area (Å²) in [6.07, 6.45) is 3.47. The first-order valence-electron chi connectivity index (χ1n) is 5.67. The normalized spacial score (nSPS) is 11.4. The van der Waals surface area contributed by atoms with Crippen molar-refractivity contribution in [3.8, 4) is 0 Å². The van der Waals surface area contributed by atoms with Crippen LogP contribution in [0.3, 0.4) is 0 Å². The number of H-pyrrole nitrogens is 1. The summed E-state index contributed by atoms with van der Waals surface area (Å²) >= 11 is 0. The standard InChI is InChI=1S/C12H15N3O2S/c1-2-18(16,17)12-6-4-3-5-11(12)13-7-10-8-14-15-9-10/h3-6,8-9,13H,2,7H2,1H3,(H,14,15). The van der Waals surface area contributed by atoms with Crippen molar-refractivity contribution in [1.29, 1.82) is 0 Å². The molecular formula is C12H15N3O2S. The van der Waals surface area contributed by atoms with Gasteiger partial charge in [0.1, 0.15) is 0 Å². The van der Waals surface area contributed by atoms with E-state index < -0.39 is 9.84 Å². The number of para-hydroxylation sites is 1. The van der Waals surface area contributed by atoms with Gasteiger partial charge in [0.05, 0.1) is 22.5 Å². The van der Waals surface area contributed by atoms with Crippen molar-refractivity contribution in [2.24, 2.45) is 0 Å². The molecule has 0 spiro atoms. The minimum atomic E-state index is -3.21. The molecule has 1 heterocycles. The van der Waals surface area contributed by atoms with E-state index in [0.29, 0.717) is 17.1 Å². The van der Waals surface area contributed by atoms with Crippen molar-refractivity contribution in [1.82, 2.24) is 10.2 Å². The van der Waals surface area contributed by atoms with Crippen molar-refractivity contribution in [2.75, 3.05) is 11.1 Å². The van der Waals surface area contributed by atoms with Gasteiger partial charge in [-0.1, -0.05) is 19.1 Å². The first-order chi connectivity index (χ1) is 8.63. The van der Waals surface area contributed by atoms with E-state index in [0.717, 1.165) is 5.56 Å². The van der Waals surface area contributed by atoms with Gasteiger partial charge in [-0.3, -0.25) is 5.10 Å². The molecule has 0 bridgehead atoms. The van der Waals surface area contributed by atoms with Crippen molar-refractivity contribution < 1.29 is 8.42 Å². The summed E-state index contributed by atoms with van der Waals surface area (Å²) in [5, 5.41) is 9.67. The summed E-state index contributed by atoms with van der Waals surface area (Å²) in [4.78, 5) is 0.344. The molecule has 2 aromatic rings. The Balaban J connectivity index is 2.23. The third-order valence-electron chi connectivity index (χ3n) is 2.64. The van der Waals surface area contributed by atoms with Gasteiger partial charge in [-0.05, 0) is 12.1 Å². The van der Waals surface area contributed by atoms with Crippen LogP contribution in [-0.2, 0) is 16.4 Å². The lowest BCUT2D eigenvalue weighted by Gasteiger charge is -2.10. The number of benzene rings is 1. The molecule has 0 fully saturated rings. The van der Waals surface area contributed by atoms with Crippen LogP contribution in [0, 0.1) is 0 Å². The topological polar surface area (TPSA) is 74.8 Å². The zero-order valence-electron chi connectivity index (χ0n) is 10.1. The van der Waals surface area contributed by atoms with Gasteiger partial charge in [0, 0.05) is 18.3 Å². The molecule has 96 valence electrons. The molecule has 2 N–H and O–H groups in total. The number of aromatic amines is 1. The quantitative estimate of drug-likeness (QED) is 0.864. The lowest BCUT2D eigenvalue weighted by atomic mass is 10.3. The highest BCUT2D eigenvalue weighted by Crippen LogP contribution is 2.22. The van der Waals surface area contributed by atoms with Crippen LogP contribution in [0.4, 0.5) is 5.69 Å². The third kappa shape index (κ3) is 2.70. The number of nitrogens with one attached hydrogen (secondary N) is 2. The summed E-state index contributed by atoms with van der Waals surface area (Å²) in [5.41, 5.74) is 1.60. The minimum absolute atomic E-state index is 0.0946. The highest BCUT2D eigenvalue weighted by Gasteiger charge is 2.15. The fraction of sp³-hybridized carbons (Fsp3) is 0.250. The summed E-state index contributed by atoms with van der Waals surface area (Å²) < 4.78 is 23.8. The maximum absolute atomic E-state index is 11.9. The molecule has 1 aromatic carbocycles. The van der Waals surface area contributed by atoms with Crippen molar-refractivity contribution in [3.63, 3.8) is 0 Å². The lowest BCUT2D eigenvalue weighted by molar-refractivity contribution is 0.597. The van der Waals surface area contributed by atoms with Gasteiger partial charge in [0.2, 0.25) is 0 Å². The van der Waals surface area contributed by atoms with E-state index in [9.17, 15) is 8.42 Å². The second-order valence-corrected chi connectivity index (χ2v) is 6.11. The average molecular weight is 265 g/mol. The first-order valence-corrected chi connectivity index (χ1v) is 7.32.